The van der Waals surface area contributed by atoms with Crippen LogP contribution in [0.25, 0.3) is 0 Å². The summed E-state index contributed by atoms with van der Waals surface area (Å²) in [7, 11) is 0. The van der Waals surface area contributed by atoms with Crippen LogP contribution < -0.4 is 0 Å². The van der Waals surface area contributed by atoms with E-state index >= 15 is 0 Å². The average Bonchev–Trinajstić information content (AvgIpc) is 2.43. The standard InChI is InChI=1S/C15H23N3O2/c1-11(2)13-5-6-18(8-12(13)7-16)14(19)20-10-15(3,4)9-17/h11-13H,5-6,8,10H2,1-4H3. The molecule has 1 aliphatic rings. The van der Waals surface area contributed by atoms with E-state index in [1.165, 1.54) is 0 Å². The van der Waals surface area contributed by atoms with Gasteiger partial charge in [0.05, 0.1) is 23.5 Å². The van der Waals surface area contributed by atoms with Crippen LogP contribution in [0.1, 0.15) is 34.1 Å². The van der Waals surface area contributed by atoms with Crippen molar-refractivity contribution in [2.24, 2.45) is 23.2 Å². The Hall–Kier alpha value is -1.75. The molecule has 0 aromatic rings. The Morgan fingerprint density at radius 3 is 2.60 bits per heavy atom. The number of nitriles is 2. The van der Waals surface area contributed by atoms with Crippen molar-refractivity contribution in [2.75, 3.05) is 19.7 Å². The van der Waals surface area contributed by atoms with Gasteiger partial charge >= 0.3 is 6.09 Å². The minimum Gasteiger partial charge on any atom is -0.448 e. The number of amides is 1. The lowest BCUT2D eigenvalue weighted by atomic mass is 9.79. The fourth-order valence-corrected chi connectivity index (χ4v) is 2.44. The first-order chi connectivity index (χ1) is 9.30. The average molecular weight is 277 g/mol. The molecule has 5 nitrogen and oxygen atoms in total. The highest BCUT2D eigenvalue weighted by atomic mass is 16.6. The van der Waals surface area contributed by atoms with E-state index in [4.69, 9.17) is 10.00 Å². The Balaban J connectivity index is 2.56. The number of piperidine rings is 1. The Bertz CT molecular complexity index is 431. The zero-order valence-electron chi connectivity index (χ0n) is 12.7. The molecule has 0 saturated carbocycles. The SMILES string of the molecule is CC(C)C1CCN(C(=O)OCC(C)(C)C#N)CC1C#N. The third kappa shape index (κ3) is 4.13. The topological polar surface area (TPSA) is 77.1 Å². The molecule has 20 heavy (non-hydrogen) atoms. The van der Waals surface area contributed by atoms with E-state index in [9.17, 15) is 10.1 Å². The molecule has 0 aliphatic carbocycles. The van der Waals surface area contributed by atoms with Crippen LogP contribution in [0.3, 0.4) is 0 Å². The van der Waals surface area contributed by atoms with Gasteiger partial charge in [-0.3, -0.25) is 0 Å². The number of rotatable bonds is 3. The predicted octanol–water partition coefficient (Wildman–Crippen LogP) is 2.79. The van der Waals surface area contributed by atoms with Gasteiger partial charge < -0.3 is 9.64 Å². The van der Waals surface area contributed by atoms with Gasteiger partial charge in [-0.15, -0.1) is 0 Å². The van der Waals surface area contributed by atoms with Gasteiger partial charge in [0, 0.05) is 13.1 Å². The molecule has 1 aliphatic heterocycles. The second-order valence-corrected chi connectivity index (χ2v) is 6.43. The summed E-state index contributed by atoms with van der Waals surface area (Å²) in [6.45, 7) is 8.78. The minimum absolute atomic E-state index is 0.0731. The van der Waals surface area contributed by atoms with Crippen LogP contribution in [-0.2, 0) is 4.74 Å². The van der Waals surface area contributed by atoms with Gasteiger partial charge in [0.15, 0.2) is 0 Å². The largest absolute Gasteiger partial charge is 0.448 e. The number of nitrogens with zero attached hydrogens (tertiary/aromatic N) is 3. The molecule has 0 N–H and O–H groups in total. The van der Waals surface area contributed by atoms with E-state index in [0.717, 1.165) is 6.42 Å². The van der Waals surface area contributed by atoms with E-state index in [2.05, 4.69) is 26.0 Å². The quantitative estimate of drug-likeness (QED) is 0.794. The number of carbonyl (C=O) groups excluding carboxylic acids is 1. The molecule has 1 rings (SSSR count). The molecule has 0 aromatic carbocycles. The number of hydrogen-bond donors (Lipinski definition) is 0. The number of likely N-dealkylation sites (tertiary alicyclic amines) is 1. The first-order valence-corrected chi connectivity index (χ1v) is 7.03. The fraction of sp³-hybridized carbons (Fsp3) is 0.800. The third-order valence-corrected chi connectivity index (χ3v) is 3.81. The molecule has 110 valence electrons. The highest BCUT2D eigenvalue weighted by Crippen LogP contribution is 2.30. The van der Waals surface area contributed by atoms with Crippen LogP contribution in [0.2, 0.25) is 0 Å². The molecule has 0 aromatic heterocycles. The molecule has 0 radical (unpaired) electrons. The van der Waals surface area contributed by atoms with Crippen LogP contribution in [0.4, 0.5) is 4.79 Å². The molecule has 0 bridgehead atoms. The summed E-state index contributed by atoms with van der Waals surface area (Å²) in [5.41, 5.74) is -0.680. The lowest BCUT2D eigenvalue weighted by molar-refractivity contribution is 0.0561. The van der Waals surface area contributed by atoms with Gasteiger partial charge in [0.2, 0.25) is 0 Å². The number of carbonyl (C=O) groups is 1. The van der Waals surface area contributed by atoms with Gasteiger partial charge in [0.1, 0.15) is 6.61 Å². The van der Waals surface area contributed by atoms with Crippen molar-refractivity contribution in [1.29, 1.82) is 10.5 Å². The summed E-state index contributed by atoms with van der Waals surface area (Å²) in [4.78, 5) is 13.6. The van der Waals surface area contributed by atoms with Crippen LogP contribution in [0.5, 0.6) is 0 Å². The van der Waals surface area contributed by atoms with E-state index in [0.29, 0.717) is 24.9 Å². The molecular weight excluding hydrogens is 254 g/mol. The monoisotopic (exact) mass is 277 g/mol. The van der Waals surface area contributed by atoms with Gasteiger partial charge in [0.25, 0.3) is 0 Å². The molecule has 1 saturated heterocycles. The molecule has 5 heteroatoms. The van der Waals surface area contributed by atoms with Crippen LogP contribution in [-0.4, -0.2) is 30.7 Å². The van der Waals surface area contributed by atoms with Crippen LogP contribution >= 0.6 is 0 Å². The maximum Gasteiger partial charge on any atom is 0.409 e. The summed E-state index contributed by atoms with van der Waals surface area (Å²) in [6, 6.07) is 4.40. The van der Waals surface area contributed by atoms with Crippen molar-refractivity contribution in [1.82, 2.24) is 4.90 Å². The van der Waals surface area contributed by atoms with Gasteiger partial charge in [-0.05, 0) is 32.1 Å². The van der Waals surface area contributed by atoms with Gasteiger partial charge in [-0.2, -0.15) is 10.5 Å². The summed E-state index contributed by atoms with van der Waals surface area (Å²) in [6.07, 6.45) is 0.405. The van der Waals surface area contributed by atoms with Gasteiger partial charge in [-0.1, -0.05) is 13.8 Å². The van der Waals surface area contributed by atoms with Crippen molar-refractivity contribution < 1.29 is 9.53 Å². The van der Waals surface area contributed by atoms with E-state index in [1.54, 1.807) is 18.7 Å². The summed E-state index contributed by atoms with van der Waals surface area (Å²) in [5.74, 6) is 0.634. The smallest absolute Gasteiger partial charge is 0.409 e. The first kappa shape index (κ1) is 16.3. The van der Waals surface area contributed by atoms with Crippen molar-refractivity contribution in [2.45, 2.75) is 34.1 Å². The Morgan fingerprint density at radius 1 is 1.45 bits per heavy atom. The Morgan fingerprint density at radius 2 is 2.10 bits per heavy atom. The second-order valence-electron chi connectivity index (χ2n) is 6.43. The zero-order valence-corrected chi connectivity index (χ0v) is 12.7. The Kier molecular flexibility index (Phi) is 5.39. The molecule has 1 fully saturated rings. The Labute approximate surface area is 121 Å². The normalized spacial score (nSPS) is 23.1. The molecule has 2 unspecified atom stereocenters. The highest BCUT2D eigenvalue weighted by Gasteiger charge is 2.34. The second kappa shape index (κ2) is 6.61. The number of ether oxygens (including phenoxy) is 1. The van der Waals surface area contributed by atoms with E-state index in [-0.39, 0.29) is 12.5 Å². The van der Waals surface area contributed by atoms with Crippen molar-refractivity contribution >= 4 is 6.09 Å². The van der Waals surface area contributed by atoms with E-state index in [1.807, 2.05) is 0 Å². The van der Waals surface area contributed by atoms with Gasteiger partial charge in [-0.25, -0.2) is 4.79 Å². The summed E-state index contributed by atoms with van der Waals surface area (Å²) in [5, 5.41) is 18.1. The number of hydrogen-bond acceptors (Lipinski definition) is 4. The molecule has 0 spiro atoms. The minimum atomic E-state index is -0.680. The summed E-state index contributed by atoms with van der Waals surface area (Å²) < 4.78 is 5.18. The molecule has 1 heterocycles. The van der Waals surface area contributed by atoms with Crippen molar-refractivity contribution in [3.63, 3.8) is 0 Å². The summed E-state index contributed by atoms with van der Waals surface area (Å²) >= 11 is 0. The third-order valence-electron chi connectivity index (χ3n) is 3.81. The van der Waals surface area contributed by atoms with Crippen LogP contribution in [0, 0.1) is 45.8 Å². The molecule has 1 amide bonds. The lowest BCUT2D eigenvalue weighted by Gasteiger charge is -2.36. The van der Waals surface area contributed by atoms with E-state index < -0.39 is 11.5 Å². The fourth-order valence-electron chi connectivity index (χ4n) is 2.44. The zero-order chi connectivity index (χ0) is 15.3. The van der Waals surface area contributed by atoms with Crippen molar-refractivity contribution in [3.05, 3.63) is 0 Å². The highest BCUT2D eigenvalue weighted by molar-refractivity contribution is 5.67. The molecular formula is C15H23N3O2. The maximum absolute atomic E-state index is 12.0. The predicted molar refractivity (Wildman–Crippen MR) is 74.4 cm³/mol. The maximum atomic E-state index is 12.0. The lowest BCUT2D eigenvalue weighted by Crippen LogP contribution is -2.45. The van der Waals surface area contributed by atoms with Crippen LogP contribution in [0.15, 0.2) is 0 Å². The first-order valence-electron chi connectivity index (χ1n) is 7.03. The van der Waals surface area contributed by atoms with Crippen molar-refractivity contribution in [3.8, 4) is 12.1 Å². The molecule has 2 atom stereocenters.